The van der Waals surface area contributed by atoms with Crippen molar-refractivity contribution in [2.75, 3.05) is 29.9 Å². The van der Waals surface area contributed by atoms with Crippen molar-refractivity contribution >= 4 is 27.6 Å². The fraction of sp³-hybridized carbons (Fsp3) is 0.459. The topological polar surface area (TPSA) is 141 Å². The molecule has 3 aromatic heterocycles. The van der Waals surface area contributed by atoms with Gasteiger partial charge in [-0.15, -0.1) is 5.10 Å². The number of pyridine rings is 2. The van der Waals surface area contributed by atoms with Crippen LogP contribution in [0.3, 0.4) is 0 Å². The molecule has 13 heteroatoms. The van der Waals surface area contributed by atoms with Gasteiger partial charge in [0, 0.05) is 43.0 Å². The van der Waals surface area contributed by atoms with Crippen LogP contribution < -0.4 is 24.4 Å². The maximum absolute atomic E-state index is 13.9. The van der Waals surface area contributed by atoms with E-state index in [9.17, 15) is 13.2 Å². The first kappa shape index (κ1) is 33.8. The summed E-state index contributed by atoms with van der Waals surface area (Å²) in [6.45, 7) is 6.41. The van der Waals surface area contributed by atoms with Gasteiger partial charge in [-0.2, -0.15) is 8.42 Å². The molecule has 5 heterocycles. The number of anilines is 2. The van der Waals surface area contributed by atoms with Crippen LogP contribution in [0.4, 0.5) is 11.6 Å². The lowest BCUT2D eigenvalue weighted by atomic mass is 9.93. The van der Waals surface area contributed by atoms with Gasteiger partial charge in [0.05, 0.1) is 12.2 Å². The third kappa shape index (κ3) is 7.72. The van der Waals surface area contributed by atoms with E-state index in [0.29, 0.717) is 54.7 Å². The molecule has 2 fully saturated rings. The summed E-state index contributed by atoms with van der Waals surface area (Å²) in [4.78, 5) is 25.4. The molecule has 0 unspecified atom stereocenters. The number of ether oxygens (including phenoxy) is 2. The molecule has 4 bridgehead atoms. The Kier molecular flexibility index (Phi) is 9.67. The maximum Gasteiger partial charge on any atom is 0.282 e. The summed E-state index contributed by atoms with van der Waals surface area (Å²) in [5.74, 6) is 2.38. The molecule has 1 amide bonds. The number of hydrogen-bond acceptors (Lipinski definition) is 10. The number of carbonyl (C=O) groups is 1. The van der Waals surface area contributed by atoms with Crippen molar-refractivity contribution < 1.29 is 22.7 Å². The van der Waals surface area contributed by atoms with Crippen LogP contribution in [0.5, 0.6) is 11.6 Å². The number of nitrogens with zero attached hydrogens (tertiary/aromatic N) is 5. The van der Waals surface area contributed by atoms with Gasteiger partial charge in [-0.3, -0.25) is 4.79 Å². The molecule has 12 nitrogen and oxygen atoms in total. The van der Waals surface area contributed by atoms with E-state index < -0.39 is 15.9 Å². The van der Waals surface area contributed by atoms with E-state index in [1.807, 2.05) is 36.4 Å². The highest BCUT2D eigenvalue weighted by atomic mass is 32.2. The Morgan fingerprint density at radius 1 is 0.960 bits per heavy atom. The highest BCUT2D eigenvalue weighted by Gasteiger charge is 2.41. The van der Waals surface area contributed by atoms with E-state index in [1.165, 1.54) is 31.7 Å². The molecule has 50 heavy (non-hydrogen) atoms. The van der Waals surface area contributed by atoms with Crippen LogP contribution in [0.2, 0.25) is 0 Å². The molecule has 1 atom stereocenters. The number of amides is 1. The molecule has 1 aromatic carbocycles. The van der Waals surface area contributed by atoms with Crippen molar-refractivity contribution in [3.63, 3.8) is 0 Å². The summed E-state index contributed by atoms with van der Waals surface area (Å²) in [6, 6.07) is 17.7. The van der Waals surface area contributed by atoms with E-state index in [0.717, 1.165) is 37.2 Å². The molecule has 0 spiro atoms. The smallest absolute Gasteiger partial charge is 0.282 e. The third-order valence-electron chi connectivity index (χ3n) is 9.99. The summed E-state index contributed by atoms with van der Waals surface area (Å²) < 4.78 is 43.4. The van der Waals surface area contributed by atoms with Crippen LogP contribution in [-0.4, -0.2) is 59.3 Å². The first-order valence-electron chi connectivity index (χ1n) is 17.6. The molecule has 264 valence electrons. The van der Waals surface area contributed by atoms with Gasteiger partial charge in [0.1, 0.15) is 24.0 Å². The zero-order valence-corrected chi connectivity index (χ0v) is 29.5. The van der Waals surface area contributed by atoms with Gasteiger partial charge in [-0.25, -0.2) is 19.4 Å². The van der Waals surface area contributed by atoms with Crippen LogP contribution in [0.1, 0.15) is 81.1 Å². The van der Waals surface area contributed by atoms with E-state index in [1.54, 1.807) is 29.1 Å². The van der Waals surface area contributed by atoms with Crippen LogP contribution in [0.15, 0.2) is 71.9 Å². The summed E-state index contributed by atoms with van der Waals surface area (Å²) in [5.41, 5.74) is 0.755. The summed E-state index contributed by atoms with van der Waals surface area (Å²) >= 11 is 0. The van der Waals surface area contributed by atoms with Gasteiger partial charge in [0.2, 0.25) is 5.88 Å². The predicted octanol–water partition coefficient (Wildman–Crippen LogP) is 6.13. The zero-order valence-electron chi connectivity index (χ0n) is 28.7. The Morgan fingerprint density at radius 3 is 2.60 bits per heavy atom. The van der Waals surface area contributed by atoms with Crippen molar-refractivity contribution in [1.29, 1.82) is 0 Å². The minimum absolute atomic E-state index is 0.149. The minimum atomic E-state index is -4.40. The molecule has 0 radical (unpaired) electrons. The van der Waals surface area contributed by atoms with Crippen LogP contribution in [0, 0.1) is 11.8 Å². The van der Waals surface area contributed by atoms with Gasteiger partial charge in [0.25, 0.3) is 15.9 Å². The molecule has 7 rings (SSSR count). The molecule has 2 N–H and O–H groups in total. The molecule has 1 saturated heterocycles. The van der Waals surface area contributed by atoms with Crippen molar-refractivity contribution in [3.05, 3.63) is 78.0 Å². The average Bonchev–Trinajstić information content (AvgIpc) is 3.86. The standard InChI is InChI=1S/C37H45N7O5S/c1-37(2)23-28-13-8-18-38-31-21-29(49-25-27-11-4-3-5-12-27)22-34(39-31)50(46,47)42-36(45)30-14-15-32(40-35(30)43(37)24-28)44-19-16-33(41-44)48-20-17-26-9-6-7-10-26/h3-5,11-12,14-16,19,21-22,26,28H,6-10,13,17-18,20,23-25H2,1-2H3,(H,38,39)(H,42,45)/t28-/m0/s1. The van der Waals surface area contributed by atoms with Crippen molar-refractivity contribution in [2.24, 2.45) is 11.8 Å². The minimum Gasteiger partial charge on any atom is -0.489 e. The van der Waals surface area contributed by atoms with Crippen LogP contribution in [-0.2, 0) is 16.6 Å². The van der Waals surface area contributed by atoms with E-state index >= 15 is 0 Å². The SMILES string of the molecule is CC1(C)C[C@@H]2CCCNc3cc(OCc4ccccc4)cc(n3)S(=O)(=O)NC(=O)c3ccc(-n4ccc(OCCC5CCCC5)n4)nc3N1C2. The van der Waals surface area contributed by atoms with E-state index in [4.69, 9.17) is 14.5 Å². The van der Waals surface area contributed by atoms with Crippen molar-refractivity contribution in [3.8, 4) is 17.4 Å². The molecular weight excluding hydrogens is 655 g/mol. The highest BCUT2D eigenvalue weighted by molar-refractivity contribution is 7.90. The number of sulfonamides is 1. The first-order chi connectivity index (χ1) is 24.1. The normalized spacial score (nSPS) is 20.2. The summed E-state index contributed by atoms with van der Waals surface area (Å²) in [6.07, 6.45) is 10.6. The third-order valence-corrected chi connectivity index (χ3v) is 11.2. The second-order valence-electron chi connectivity index (χ2n) is 14.2. The lowest BCUT2D eigenvalue weighted by molar-refractivity contribution is 0.0981. The maximum atomic E-state index is 13.9. The monoisotopic (exact) mass is 699 g/mol. The Morgan fingerprint density at radius 2 is 1.78 bits per heavy atom. The summed E-state index contributed by atoms with van der Waals surface area (Å²) in [7, 11) is -4.40. The van der Waals surface area contributed by atoms with Gasteiger partial charge >= 0.3 is 0 Å². The number of aromatic nitrogens is 4. The highest BCUT2D eigenvalue weighted by Crippen LogP contribution is 2.40. The van der Waals surface area contributed by atoms with Gasteiger partial charge in [0.15, 0.2) is 10.8 Å². The van der Waals surface area contributed by atoms with Crippen LogP contribution in [0.25, 0.3) is 5.82 Å². The Balaban J connectivity index is 1.18. The molecular formula is C37H45N7O5S. The van der Waals surface area contributed by atoms with Crippen molar-refractivity contribution in [1.82, 2.24) is 24.5 Å². The van der Waals surface area contributed by atoms with Crippen molar-refractivity contribution in [2.45, 2.75) is 82.4 Å². The van der Waals surface area contributed by atoms with Crippen LogP contribution >= 0.6 is 0 Å². The number of carbonyl (C=O) groups excluding carboxylic acids is 1. The Hall–Kier alpha value is -4.65. The quantitative estimate of drug-likeness (QED) is 0.221. The molecule has 1 aliphatic carbocycles. The molecule has 3 aliphatic rings. The Bertz CT molecular complexity index is 1930. The van der Waals surface area contributed by atoms with Gasteiger partial charge in [-0.05, 0) is 69.1 Å². The summed E-state index contributed by atoms with van der Waals surface area (Å²) in [5, 5.41) is 7.57. The number of fused-ring (bicyclic) bond motifs is 6. The zero-order chi connectivity index (χ0) is 34.7. The molecule has 2 aliphatic heterocycles. The number of benzene rings is 1. The fourth-order valence-electron chi connectivity index (χ4n) is 7.41. The van der Waals surface area contributed by atoms with Gasteiger partial charge < -0.3 is 19.7 Å². The second-order valence-corrected chi connectivity index (χ2v) is 15.9. The average molecular weight is 700 g/mol. The molecule has 4 aromatic rings. The number of nitrogens with one attached hydrogen (secondary N) is 2. The van der Waals surface area contributed by atoms with E-state index in [-0.39, 0.29) is 22.7 Å². The first-order valence-corrected chi connectivity index (χ1v) is 19.1. The van der Waals surface area contributed by atoms with Gasteiger partial charge in [-0.1, -0.05) is 56.0 Å². The molecule has 1 saturated carbocycles. The number of rotatable bonds is 8. The van der Waals surface area contributed by atoms with E-state index in [2.05, 4.69) is 38.9 Å². The number of hydrogen-bond donors (Lipinski definition) is 2. The second kappa shape index (κ2) is 14.3. The lowest BCUT2D eigenvalue weighted by Gasteiger charge is -2.34. The predicted molar refractivity (Wildman–Crippen MR) is 190 cm³/mol. The largest absolute Gasteiger partial charge is 0.489 e. The lowest BCUT2D eigenvalue weighted by Crippen LogP contribution is -2.41. The fourth-order valence-corrected chi connectivity index (χ4v) is 8.36. The Labute approximate surface area is 293 Å².